The molecule has 0 bridgehead atoms. The van der Waals surface area contributed by atoms with E-state index in [0.717, 1.165) is 11.3 Å². The Morgan fingerprint density at radius 3 is 2.67 bits per heavy atom. The maximum absolute atomic E-state index is 11.8. The highest BCUT2D eigenvalue weighted by atomic mass is 16.5. The van der Waals surface area contributed by atoms with Gasteiger partial charge in [-0.25, -0.2) is 9.78 Å². The van der Waals surface area contributed by atoms with E-state index in [0.29, 0.717) is 0 Å². The maximum Gasteiger partial charge on any atom is 0.327 e. The summed E-state index contributed by atoms with van der Waals surface area (Å²) in [7, 11) is 1.62. The molecule has 0 radical (unpaired) electrons. The van der Waals surface area contributed by atoms with Crippen molar-refractivity contribution in [2.75, 3.05) is 7.11 Å². The zero-order chi connectivity index (χ0) is 13.0. The molecule has 0 spiro atoms. The summed E-state index contributed by atoms with van der Waals surface area (Å²) >= 11 is 0. The fourth-order valence-electron chi connectivity index (χ4n) is 1.61. The quantitative estimate of drug-likeness (QED) is 0.902. The molecule has 1 atom stereocenters. The van der Waals surface area contributed by atoms with Gasteiger partial charge in [0.25, 0.3) is 0 Å². The minimum absolute atomic E-state index is 0.0780. The van der Waals surface area contributed by atoms with Gasteiger partial charge in [0.15, 0.2) is 0 Å². The van der Waals surface area contributed by atoms with Gasteiger partial charge in [0.1, 0.15) is 12.1 Å². The fourth-order valence-corrected chi connectivity index (χ4v) is 1.61. The molecule has 0 unspecified atom stereocenters. The van der Waals surface area contributed by atoms with Crippen LogP contribution in [0, 0.1) is 0 Å². The third-order valence-corrected chi connectivity index (χ3v) is 2.69. The molecule has 0 fully saturated rings. The summed E-state index contributed by atoms with van der Waals surface area (Å²) in [5.41, 5.74) is 1.02. The zero-order valence-corrected chi connectivity index (χ0v) is 10.3. The van der Waals surface area contributed by atoms with Gasteiger partial charge in [-0.2, -0.15) is 0 Å². The number of carbonyl (C=O) groups is 1. The van der Waals surface area contributed by atoms with Crippen molar-refractivity contribution >= 4 is 6.03 Å². The average Bonchev–Trinajstić information content (AvgIpc) is 2.92. The second-order valence-corrected chi connectivity index (χ2v) is 3.91. The number of nitrogens with zero attached hydrogens (tertiary/aromatic N) is 2. The van der Waals surface area contributed by atoms with Gasteiger partial charge in [0.2, 0.25) is 0 Å². The minimum Gasteiger partial charge on any atom is -0.497 e. The van der Waals surface area contributed by atoms with E-state index < -0.39 is 0 Å². The topological polar surface area (TPSA) is 56.1 Å². The summed E-state index contributed by atoms with van der Waals surface area (Å²) in [4.78, 5) is 15.6. The van der Waals surface area contributed by atoms with Crippen LogP contribution in [0.3, 0.4) is 0 Å². The normalized spacial score (nSPS) is 11.9. The van der Waals surface area contributed by atoms with Gasteiger partial charge in [-0.1, -0.05) is 12.1 Å². The largest absolute Gasteiger partial charge is 0.497 e. The molecule has 1 aromatic heterocycles. The molecule has 1 N–H and O–H groups in total. The number of carbonyl (C=O) groups excluding carboxylic acids is 1. The van der Waals surface area contributed by atoms with Gasteiger partial charge in [0, 0.05) is 12.4 Å². The smallest absolute Gasteiger partial charge is 0.327 e. The van der Waals surface area contributed by atoms with Crippen LogP contribution in [0.15, 0.2) is 43.0 Å². The maximum atomic E-state index is 11.8. The Labute approximate surface area is 105 Å². The predicted octanol–water partition coefficient (Wildman–Crippen LogP) is 2.21. The highest BCUT2D eigenvalue weighted by Crippen LogP contribution is 2.17. The number of benzene rings is 1. The highest BCUT2D eigenvalue weighted by Gasteiger charge is 2.10. The number of imidazole rings is 1. The van der Waals surface area contributed by atoms with Crippen LogP contribution < -0.4 is 10.1 Å². The molecule has 1 heterocycles. The predicted molar refractivity (Wildman–Crippen MR) is 67.6 cm³/mol. The molecule has 2 rings (SSSR count). The van der Waals surface area contributed by atoms with Crippen molar-refractivity contribution in [1.82, 2.24) is 14.9 Å². The van der Waals surface area contributed by atoms with Crippen LogP contribution in [-0.4, -0.2) is 22.7 Å². The van der Waals surface area contributed by atoms with Crippen LogP contribution in [0.5, 0.6) is 5.75 Å². The Balaban J connectivity index is 2.02. The fraction of sp³-hybridized carbons (Fsp3) is 0.231. The van der Waals surface area contributed by atoms with E-state index in [1.165, 1.54) is 10.9 Å². The number of hydrogen-bond donors (Lipinski definition) is 1. The average molecular weight is 245 g/mol. The van der Waals surface area contributed by atoms with E-state index in [1.807, 2.05) is 31.2 Å². The summed E-state index contributed by atoms with van der Waals surface area (Å²) in [6.45, 7) is 1.93. The molecule has 94 valence electrons. The molecule has 0 aliphatic carbocycles. The lowest BCUT2D eigenvalue weighted by molar-refractivity contribution is 0.239. The van der Waals surface area contributed by atoms with Crippen molar-refractivity contribution in [1.29, 1.82) is 0 Å². The van der Waals surface area contributed by atoms with Gasteiger partial charge in [-0.15, -0.1) is 0 Å². The van der Waals surface area contributed by atoms with E-state index in [-0.39, 0.29) is 12.1 Å². The number of amides is 1. The molecule has 1 amide bonds. The van der Waals surface area contributed by atoms with Crippen molar-refractivity contribution in [2.24, 2.45) is 0 Å². The van der Waals surface area contributed by atoms with Gasteiger partial charge < -0.3 is 10.1 Å². The molecular weight excluding hydrogens is 230 g/mol. The first-order valence-corrected chi connectivity index (χ1v) is 5.63. The van der Waals surface area contributed by atoms with E-state index in [4.69, 9.17) is 4.74 Å². The highest BCUT2D eigenvalue weighted by molar-refractivity contribution is 5.76. The van der Waals surface area contributed by atoms with Crippen molar-refractivity contribution < 1.29 is 9.53 Å². The van der Waals surface area contributed by atoms with Crippen molar-refractivity contribution in [3.05, 3.63) is 48.5 Å². The molecule has 1 aromatic carbocycles. The number of rotatable bonds is 3. The van der Waals surface area contributed by atoms with Crippen molar-refractivity contribution in [3.8, 4) is 5.75 Å². The molecule has 5 heteroatoms. The molecule has 0 aliphatic heterocycles. The van der Waals surface area contributed by atoms with E-state index in [9.17, 15) is 4.79 Å². The van der Waals surface area contributed by atoms with Crippen LogP contribution in [0.1, 0.15) is 18.5 Å². The van der Waals surface area contributed by atoms with Gasteiger partial charge in [-0.05, 0) is 24.6 Å². The minimum atomic E-state index is -0.198. The van der Waals surface area contributed by atoms with Gasteiger partial charge >= 0.3 is 6.03 Å². The Morgan fingerprint density at radius 2 is 2.11 bits per heavy atom. The van der Waals surface area contributed by atoms with Crippen molar-refractivity contribution in [3.63, 3.8) is 0 Å². The lowest BCUT2D eigenvalue weighted by atomic mass is 10.1. The molecule has 0 saturated heterocycles. The third kappa shape index (κ3) is 2.68. The van der Waals surface area contributed by atoms with Gasteiger partial charge in [-0.3, -0.25) is 4.57 Å². The van der Waals surface area contributed by atoms with Crippen LogP contribution in [-0.2, 0) is 0 Å². The van der Waals surface area contributed by atoms with Crippen LogP contribution in [0.25, 0.3) is 0 Å². The summed E-state index contributed by atoms with van der Waals surface area (Å²) in [6, 6.07) is 7.32. The third-order valence-electron chi connectivity index (χ3n) is 2.69. The number of aromatic nitrogens is 2. The van der Waals surface area contributed by atoms with Gasteiger partial charge in [0.05, 0.1) is 13.2 Å². The van der Waals surface area contributed by atoms with E-state index in [2.05, 4.69) is 10.3 Å². The van der Waals surface area contributed by atoms with E-state index >= 15 is 0 Å². The second kappa shape index (κ2) is 5.35. The van der Waals surface area contributed by atoms with E-state index in [1.54, 1.807) is 19.5 Å². The Kier molecular flexibility index (Phi) is 3.62. The molecule has 0 saturated carbocycles. The molecular formula is C13H15N3O2. The van der Waals surface area contributed by atoms with Crippen LogP contribution >= 0.6 is 0 Å². The summed E-state index contributed by atoms with van der Waals surface area (Å²) in [5, 5.41) is 2.88. The number of methoxy groups -OCH3 is 1. The molecule has 5 nitrogen and oxygen atoms in total. The number of nitrogens with one attached hydrogen (secondary N) is 1. The zero-order valence-electron chi connectivity index (χ0n) is 10.3. The number of hydrogen-bond acceptors (Lipinski definition) is 3. The summed E-state index contributed by atoms with van der Waals surface area (Å²) in [5.74, 6) is 0.798. The Hall–Kier alpha value is -2.30. The van der Waals surface area contributed by atoms with Crippen LogP contribution in [0.4, 0.5) is 4.79 Å². The van der Waals surface area contributed by atoms with Crippen molar-refractivity contribution in [2.45, 2.75) is 13.0 Å². The standard InChI is InChI=1S/C13H15N3O2/c1-10(11-3-5-12(18-2)6-4-11)15-13(17)16-8-7-14-9-16/h3-10H,1-2H3,(H,15,17)/t10-/m0/s1. The molecule has 0 aliphatic rings. The SMILES string of the molecule is COc1ccc([C@H](C)NC(=O)n2ccnc2)cc1. The monoisotopic (exact) mass is 245 g/mol. The first kappa shape index (κ1) is 12.2. The first-order chi connectivity index (χ1) is 8.70. The first-order valence-electron chi connectivity index (χ1n) is 5.63. The lowest BCUT2D eigenvalue weighted by Gasteiger charge is -2.14. The van der Waals surface area contributed by atoms with Crippen LogP contribution in [0.2, 0.25) is 0 Å². The number of ether oxygens (including phenoxy) is 1. The Bertz CT molecular complexity index is 506. The summed E-state index contributed by atoms with van der Waals surface area (Å²) in [6.07, 6.45) is 4.64. The molecule has 2 aromatic rings. The second-order valence-electron chi connectivity index (χ2n) is 3.91. The Morgan fingerprint density at radius 1 is 1.39 bits per heavy atom. The molecule has 18 heavy (non-hydrogen) atoms. The summed E-state index contributed by atoms with van der Waals surface area (Å²) < 4.78 is 6.49. The lowest BCUT2D eigenvalue weighted by Crippen LogP contribution is -2.30.